The second-order valence-corrected chi connectivity index (χ2v) is 11.1. The van der Waals surface area contributed by atoms with E-state index >= 15 is 0 Å². The Labute approximate surface area is 315 Å². The lowest BCUT2D eigenvalue weighted by atomic mass is 9.84. The lowest BCUT2D eigenvalue weighted by Gasteiger charge is -2.19. The molecule has 0 spiro atoms. The molecule has 1 heteroatoms. The summed E-state index contributed by atoms with van der Waals surface area (Å²) in [4.78, 5) is 0. The Morgan fingerprint density at radius 3 is 1.47 bits per heavy atom. The number of furan rings is 1. The maximum absolute atomic E-state index is 9.88. The van der Waals surface area contributed by atoms with E-state index < -0.39 is 155 Å². The molecule has 0 bridgehead atoms. The predicted molar refractivity (Wildman–Crippen MR) is 208 cm³/mol. The van der Waals surface area contributed by atoms with E-state index in [1.54, 1.807) is 48.5 Å². The zero-order valence-electron chi connectivity index (χ0n) is 47.0. The highest BCUT2D eigenvalue weighted by Crippen LogP contribution is 2.46. The molecule has 10 aromatic rings. The highest BCUT2D eigenvalue weighted by atomic mass is 16.3. The second-order valence-electron chi connectivity index (χ2n) is 11.1. The maximum Gasteiger partial charge on any atom is 0.143 e. The van der Waals surface area contributed by atoms with Gasteiger partial charge in [0.15, 0.2) is 0 Å². The molecule has 0 saturated carbocycles. The van der Waals surface area contributed by atoms with Crippen molar-refractivity contribution in [2.45, 2.75) is 0 Å². The van der Waals surface area contributed by atoms with Crippen LogP contribution in [0, 0.1) is 0 Å². The van der Waals surface area contributed by atoms with Gasteiger partial charge in [0, 0.05) is 16.2 Å². The summed E-state index contributed by atoms with van der Waals surface area (Å²) in [5.74, 6) is 0. The van der Waals surface area contributed by atoms with Crippen LogP contribution in [0.5, 0.6) is 0 Å². The van der Waals surface area contributed by atoms with E-state index in [2.05, 4.69) is 0 Å². The monoisotopic (exact) mass is 644 g/mol. The van der Waals surface area contributed by atoms with Gasteiger partial charge in [0.2, 0.25) is 0 Å². The molecular formula is C48H30O. The van der Waals surface area contributed by atoms with E-state index in [0.29, 0.717) is 0 Å². The summed E-state index contributed by atoms with van der Waals surface area (Å²) in [6, 6.07) is -2.67. The number of hydrogen-bond acceptors (Lipinski definition) is 1. The molecule has 1 nitrogen and oxygen atoms in total. The summed E-state index contributed by atoms with van der Waals surface area (Å²) in [7, 11) is 0. The van der Waals surface area contributed by atoms with E-state index in [4.69, 9.17) is 26.3 Å². The van der Waals surface area contributed by atoms with Gasteiger partial charge >= 0.3 is 0 Å². The molecule has 1 heterocycles. The van der Waals surface area contributed by atoms with Crippen molar-refractivity contribution in [1.29, 1.82) is 0 Å². The van der Waals surface area contributed by atoms with E-state index in [1.165, 1.54) is 0 Å². The van der Waals surface area contributed by atoms with Gasteiger partial charge in [0.1, 0.15) is 11.2 Å². The molecule has 9 aromatic carbocycles. The van der Waals surface area contributed by atoms with Gasteiger partial charge in [-0.2, -0.15) is 0 Å². The SMILES string of the molecule is [2H]c1c([2H])c([2H])c(-c2c([2H])c(-c3c([2H])c([2H])c([2H])c([2H])c3[2H])c([2H])c(-c3c4ccccc4c(-c4c([2H])c([2H])c5c(oc6c7c([2H])c([2H])c([2H])c([2H])c7c([2H])c([2H])c65)c4[2H])c4ccccc34)c2[2H])c([2H])c1[2H]. The topological polar surface area (TPSA) is 13.1 Å². The minimum absolute atomic E-state index is 0.0635. The van der Waals surface area contributed by atoms with Crippen molar-refractivity contribution in [3.8, 4) is 44.5 Å². The molecule has 49 heavy (non-hydrogen) atoms. The molecule has 0 atom stereocenters. The van der Waals surface area contributed by atoms with Gasteiger partial charge < -0.3 is 4.42 Å². The molecule has 0 amide bonds. The van der Waals surface area contributed by atoms with Crippen molar-refractivity contribution in [2.75, 3.05) is 0 Å². The number of rotatable bonds is 4. The highest BCUT2D eigenvalue weighted by molar-refractivity contribution is 6.22. The van der Waals surface area contributed by atoms with Gasteiger partial charge in [0.05, 0.1) is 30.2 Å². The third-order valence-electron chi connectivity index (χ3n) is 8.37. The highest BCUT2D eigenvalue weighted by Gasteiger charge is 2.19. The first kappa shape index (κ1) is 13.6. The second kappa shape index (κ2) is 11.1. The third kappa shape index (κ3) is 4.47. The van der Waals surface area contributed by atoms with Crippen LogP contribution in [0.25, 0.3) is 98.8 Å². The average Bonchev–Trinajstić information content (AvgIpc) is 3.76. The first-order chi connectivity index (χ1) is 33.5. The van der Waals surface area contributed by atoms with Gasteiger partial charge in [-0.1, -0.05) is 145 Å². The summed E-state index contributed by atoms with van der Waals surface area (Å²) >= 11 is 0. The normalized spacial score (nSPS) is 18.0. The van der Waals surface area contributed by atoms with Gasteiger partial charge in [-0.15, -0.1) is 0 Å². The standard InChI is InChI=1S/C48H30O/c1-3-13-31(14-4-1)35-27-36(32-15-5-2-6-16-32)29-37(28-35)47-42-21-11-9-19-40(42)46(41-20-10-12-22-43(41)47)34-24-25-39-44-26-23-33-17-7-8-18-38(33)48(44)49-45(39)30-34/h1-30H/i1D,2D,3D,4D,5D,6D,7D,8D,13D,14D,15D,16D,17D,18D,23D,24D,25D,26D,27D,28D,29D,30D. The molecule has 0 unspecified atom stereocenters. The van der Waals surface area contributed by atoms with E-state index in [1.807, 2.05) is 0 Å². The van der Waals surface area contributed by atoms with Crippen LogP contribution < -0.4 is 0 Å². The maximum atomic E-state index is 9.88. The first-order valence-corrected chi connectivity index (χ1v) is 15.1. The molecule has 1 aromatic heterocycles. The summed E-state index contributed by atoms with van der Waals surface area (Å²) in [6.07, 6.45) is 0. The lowest BCUT2D eigenvalue weighted by molar-refractivity contribution is 0.673. The summed E-state index contributed by atoms with van der Waals surface area (Å²) < 4.78 is 202. The van der Waals surface area contributed by atoms with Crippen molar-refractivity contribution in [3.63, 3.8) is 0 Å². The van der Waals surface area contributed by atoms with Crippen molar-refractivity contribution in [2.24, 2.45) is 0 Å². The van der Waals surface area contributed by atoms with E-state index in [0.717, 1.165) is 0 Å². The fourth-order valence-electron chi connectivity index (χ4n) is 6.29. The van der Waals surface area contributed by atoms with Crippen LogP contribution in [0.3, 0.4) is 0 Å². The van der Waals surface area contributed by atoms with Crippen LogP contribution in [0.4, 0.5) is 0 Å². The molecular weight excluding hydrogens is 593 g/mol. The predicted octanol–water partition coefficient (Wildman–Crippen LogP) is 13.7. The fraction of sp³-hybridized carbons (Fsp3) is 0. The fourth-order valence-corrected chi connectivity index (χ4v) is 6.29. The first-order valence-electron chi connectivity index (χ1n) is 26.1. The third-order valence-corrected chi connectivity index (χ3v) is 8.37. The smallest absolute Gasteiger partial charge is 0.143 e. The zero-order chi connectivity index (χ0) is 51.5. The largest absolute Gasteiger partial charge is 0.455 e. The Kier molecular flexibility index (Phi) is 3.07. The van der Waals surface area contributed by atoms with E-state index in [9.17, 15) is 8.22 Å². The Bertz CT molecular complexity index is 3930. The van der Waals surface area contributed by atoms with Crippen LogP contribution in [-0.2, 0) is 0 Å². The quantitative estimate of drug-likeness (QED) is 0.174. The van der Waals surface area contributed by atoms with Gasteiger partial charge in [-0.3, -0.25) is 0 Å². The Hall–Kier alpha value is -6.44. The minimum Gasteiger partial charge on any atom is -0.455 e. The zero-order valence-corrected chi connectivity index (χ0v) is 25.0. The molecule has 228 valence electrons. The van der Waals surface area contributed by atoms with Crippen LogP contribution in [-0.4, -0.2) is 0 Å². The van der Waals surface area contributed by atoms with Crippen molar-refractivity contribution in [1.82, 2.24) is 0 Å². The Morgan fingerprint density at radius 1 is 0.347 bits per heavy atom. The molecule has 0 radical (unpaired) electrons. The Balaban J connectivity index is 1.39. The number of fused-ring (bicyclic) bond motifs is 7. The van der Waals surface area contributed by atoms with Gasteiger partial charge in [-0.25, -0.2) is 0 Å². The van der Waals surface area contributed by atoms with Crippen molar-refractivity contribution in [3.05, 3.63) is 181 Å². The number of hydrogen-bond donors (Lipinski definition) is 0. The van der Waals surface area contributed by atoms with Crippen molar-refractivity contribution >= 4 is 54.3 Å². The minimum atomic E-state index is -0.831. The van der Waals surface area contributed by atoms with Crippen molar-refractivity contribution < 1.29 is 34.6 Å². The summed E-state index contributed by atoms with van der Waals surface area (Å²) in [6.45, 7) is 0. The average molecular weight is 645 g/mol. The molecule has 0 N–H and O–H groups in total. The van der Waals surface area contributed by atoms with E-state index in [-0.39, 0.29) is 76.5 Å². The molecule has 0 aliphatic heterocycles. The van der Waals surface area contributed by atoms with Crippen LogP contribution in [0.15, 0.2) is 186 Å². The van der Waals surface area contributed by atoms with Crippen LogP contribution in [0.2, 0.25) is 0 Å². The molecule has 0 saturated heterocycles. The van der Waals surface area contributed by atoms with Gasteiger partial charge in [-0.05, 0) is 108 Å². The van der Waals surface area contributed by atoms with Gasteiger partial charge in [0.25, 0.3) is 0 Å². The lowest BCUT2D eigenvalue weighted by Crippen LogP contribution is -1.92. The molecule has 0 fully saturated rings. The molecule has 10 rings (SSSR count). The summed E-state index contributed by atoms with van der Waals surface area (Å²) in [5, 5.41) is -0.0737. The van der Waals surface area contributed by atoms with Crippen LogP contribution >= 0.6 is 0 Å². The summed E-state index contributed by atoms with van der Waals surface area (Å²) in [5.41, 5.74) is -3.38. The number of benzene rings is 9. The molecule has 0 aliphatic rings. The Morgan fingerprint density at radius 2 is 0.857 bits per heavy atom. The van der Waals surface area contributed by atoms with Crippen LogP contribution in [0.1, 0.15) is 30.2 Å². The molecule has 0 aliphatic carbocycles.